The monoisotopic (exact) mass is 173 g/mol. The molecule has 2 nitrogen and oxygen atoms in total. The predicted molar refractivity (Wildman–Crippen MR) is 45.9 cm³/mol. The standard InChI is InChI=1S/C8H13O2P/c9-11(10)7-6-8-4-2-1-3-5-8/h4H,1-3,5-7H2/p+1. The average molecular weight is 173 g/mol. The lowest BCUT2D eigenvalue weighted by atomic mass is 9.98. The zero-order valence-electron chi connectivity index (χ0n) is 6.62. The molecule has 0 radical (unpaired) electrons. The van der Waals surface area contributed by atoms with E-state index in [4.69, 9.17) is 4.89 Å². The van der Waals surface area contributed by atoms with Gasteiger partial charge in [0.05, 0.1) is 0 Å². The van der Waals surface area contributed by atoms with Crippen LogP contribution in [0.15, 0.2) is 11.6 Å². The van der Waals surface area contributed by atoms with Crippen LogP contribution < -0.4 is 0 Å². The van der Waals surface area contributed by atoms with Crippen molar-refractivity contribution >= 4 is 8.03 Å². The molecule has 62 valence electrons. The summed E-state index contributed by atoms with van der Waals surface area (Å²) >= 11 is 0. The predicted octanol–water partition coefficient (Wildman–Crippen LogP) is 2.61. The van der Waals surface area contributed by atoms with Crippen LogP contribution in [0, 0.1) is 0 Å². The fourth-order valence-electron chi connectivity index (χ4n) is 1.37. The maximum atomic E-state index is 10.4. The SMILES string of the molecule is O=[P+](O)CCC1=CCCCC1. The number of allylic oxidation sites excluding steroid dienone is 2. The second-order valence-electron chi connectivity index (χ2n) is 2.93. The van der Waals surface area contributed by atoms with Gasteiger partial charge in [0.2, 0.25) is 0 Å². The molecule has 0 spiro atoms. The van der Waals surface area contributed by atoms with Crippen LogP contribution in [0.3, 0.4) is 0 Å². The fourth-order valence-corrected chi connectivity index (χ4v) is 1.85. The van der Waals surface area contributed by atoms with E-state index in [0.717, 1.165) is 19.3 Å². The van der Waals surface area contributed by atoms with Crippen LogP contribution >= 0.6 is 8.03 Å². The van der Waals surface area contributed by atoms with Crippen LogP contribution in [0.2, 0.25) is 0 Å². The normalized spacial score (nSPS) is 19.4. The molecule has 0 aliphatic heterocycles. The van der Waals surface area contributed by atoms with Crippen LogP contribution in [0.25, 0.3) is 0 Å². The molecule has 0 bridgehead atoms. The van der Waals surface area contributed by atoms with Crippen molar-refractivity contribution < 1.29 is 9.46 Å². The molecular formula is C8H14O2P+. The van der Waals surface area contributed by atoms with Gasteiger partial charge in [-0.15, -0.1) is 0 Å². The Hall–Kier alpha value is -0.200. The fraction of sp³-hybridized carbons (Fsp3) is 0.750. The van der Waals surface area contributed by atoms with Crippen molar-refractivity contribution in [1.29, 1.82) is 0 Å². The van der Waals surface area contributed by atoms with Crippen LogP contribution in [-0.4, -0.2) is 11.1 Å². The van der Waals surface area contributed by atoms with Crippen molar-refractivity contribution in [3.63, 3.8) is 0 Å². The Balaban J connectivity index is 2.24. The van der Waals surface area contributed by atoms with Gasteiger partial charge in [-0.1, -0.05) is 11.6 Å². The maximum Gasteiger partial charge on any atom is 0.505 e. The van der Waals surface area contributed by atoms with Gasteiger partial charge in [-0.3, -0.25) is 0 Å². The highest BCUT2D eigenvalue weighted by Gasteiger charge is 2.12. The summed E-state index contributed by atoms with van der Waals surface area (Å²) in [6, 6.07) is 0. The Kier molecular flexibility index (Phi) is 3.74. The third-order valence-corrected chi connectivity index (χ3v) is 2.62. The highest BCUT2D eigenvalue weighted by Crippen LogP contribution is 2.24. The first-order valence-corrected chi connectivity index (χ1v) is 5.50. The maximum absolute atomic E-state index is 10.4. The van der Waals surface area contributed by atoms with E-state index in [1.807, 2.05) is 0 Å². The summed E-state index contributed by atoms with van der Waals surface area (Å²) in [4.78, 5) is 8.57. The molecule has 0 aromatic carbocycles. The first kappa shape index (κ1) is 8.89. The molecule has 3 heteroatoms. The highest BCUT2D eigenvalue weighted by atomic mass is 31.1. The van der Waals surface area contributed by atoms with E-state index in [-0.39, 0.29) is 0 Å². The van der Waals surface area contributed by atoms with Crippen molar-refractivity contribution in [2.45, 2.75) is 32.1 Å². The third kappa shape index (κ3) is 3.64. The topological polar surface area (TPSA) is 37.3 Å². The lowest BCUT2D eigenvalue weighted by Crippen LogP contribution is -1.93. The molecular weight excluding hydrogens is 159 g/mol. The zero-order chi connectivity index (χ0) is 8.10. The van der Waals surface area contributed by atoms with Crippen LogP contribution in [0.4, 0.5) is 0 Å². The molecule has 1 aliphatic rings. The molecule has 11 heavy (non-hydrogen) atoms. The van der Waals surface area contributed by atoms with Crippen molar-refractivity contribution in [2.24, 2.45) is 0 Å². The van der Waals surface area contributed by atoms with Gasteiger partial charge in [0, 0.05) is 6.42 Å². The Morgan fingerprint density at radius 3 is 2.91 bits per heavy atom. The summed E-state index contributed by atoms with van der Waals surface area (Å²) in [5, 5.41) is 0. The van der Waals surface area contributed by atoms with E-state index in [9.17, 15) is 4.57 Å². The highest BCUT2D eigenvalue weighted by molar-refractivity contribution is 7.37. The quantitative estimate of drug-likeness (QED) is 0.526. The van der Waals surface area contributed by atoms with Crippen molar-refractivity contribution in [2.75, 3.05) is 6.16 Å². The first-order valence-electron chi connectivity index (χ1n) is 4.10. The lowest BCUT2D eigenvalue weighted by molar-refractivity contribution is 0.502. The molecule has 0 saturated carbocycles. The minimum absolute atomic E-state index is 0.446. The van der Waals surface area contributed by atoms with Crippen molar-refractivity contribution in [3.05, 3.63) is 11.6 Å². The molecule has 1 N–H and O–H groups in total. The molecule has 0 heterocycles. The summed E-state index contributed by atoms with van der Waals surface area (Å²) < 4.78 is 10.4. The van der Waals surface area contributed by atoms with E-state index in [1.165, 1.54) is 18.4 Å². The van der Waals surface area contributed by atoms with Crippen molar-refractivity contribution in [1.82, 2.24) is 0 Å². The van der Waals surface area contributed by atoms with Gasteiger partial charge in [-0.25, -0.2) is 0 Å². The minimum atomic E-state index is -1.92. The Labute approximate surface area is 68.2 Å². The Bertz CT molecular complexity index is 175. The van der Waals surface area contributed by atoms with Gasteiger partial charge < -0.3 is 0 Å². The Morgan fingerprint density at radius 2 is 2.36 bits per heavy atom. The lowest BCUT2D eigenvalue weighted by Gasteiger charge is -2.09. The summed E-state index contributed by atoms with van der Waals surface area (Å²) in [6.45, 7) is 0. The smallest absolute Gasteiger partial charge is 0.161 e. The molecule has 0 saturated heterocycles. The van der Waals surface area contributed by atoms with Gasteiger partial charge >= 0.3 is 8.03 Å². The summed E-state index contributed by atoms with van der Waals surface area (Å²) in [5.41, 5.74) is 1.38. The molecule has 0 amide bonds. The van der Waals surface area contributed by atoms with Gasteiger partial charge in [0.1, 0.15) is 0 Å². The van der Waals surface area contributed by atoms with Gasteiger partial charge in [-0.2, -0.15) is 4.89 Å². The van der Waals surface area contributed by atoms with Gasteiger partial charge in [0.25, 0.3) is 0 Å². The molecule has 1 rings (SSSR count). The largest absolute Gasteiger partial charge is 0.505 e. The van der Waals surface area contributed by atoms with E-state index >= 15 is 0 Å². The molecule has 0 aromatic rings. The average Bonchev–Trinajstić information content (AvgIpc) is 2.03. The summed E-state index contributed by atoms with van der Waals surface area (Å²) in [5.74, 6) is 0. The molecule has 1 unspecified atom stereocenters. The van der Waals surface area contributed by atoms with Crippen LogP contribution in [-0.2, 0) is 4.57 Å². The molecule has 1 aliphatic carbocycles. The number of rotatable bonds is 3. The van der Waals surface area contributed by atoms with Gasteiger partial charge in [-0.05, 0) is 30.2 Å². The summed E-state index contributed by atoms with van der Waals surface area (Å²) in [7, 11) is -1.92. The molecule has 0 fully saturated rings. The second-order valence-corrected chi connectivity index (χ2v) is 4.09. The van der Waals surface area contributed by atoms with Crippen LogP contribution in [0.5, 0.6) is 0 Å². The van der Waals surface area contributed by atoms with Crippen LogP contribution in [0.1, 0.15) is 32.1 Å². The second kappa shape index (κ2) is 4.63. The summed E-state index contributed by atoms with van der Waals surface area (Å²) in [6.07, 6.45) is 8.35. The third-order valence-electron chi connectivity index (χ3n) is 2.01. The number of hydrogen-bond donors (Lipinski definition) is 1. The van der Waals surface area contributed by atoms with Crippen molar-refractivity contribution in [3.8, 4) is 0 Å². The van der Waals surface area contributed by atoms with Gasteiger partial charge in [0.15, 0.2) is 6.16 Å². The Morgan fingerprint density at radius 1 is 1.55 bits per heavy atom. The minimum Gasteiger partial charge on any atom is -0.161 e. The van der Waals surface area contributed by atoms with E-state index in [1.54, 1.807) is 0 Å². The van der Waals surface area contributed by atoms with E-state index in [0.29, 0.717) is 6.16 Å². The first-order chi connectivity index (χ1) is 5.29. The molecule has 0 aromatic heterocycles. The zero-order valence-corrected chi connectivity index (χ0v) is 7.52. The van der Waals surface area contributed by atoms with E-state index in [2.05, 4.69) is 6.08 Å². The van der Waals surface area contributed by atoms with E-state index < -0.39 is 8.03 Å². The molecule has 1 atom stereocenters. The number of hydrogen-bond acceptors (Lipinski definition) is 1.